The molecule has 0 spiro atoms. The van der Waals surface area contributed by atoms with Crippen LogP contribution in [-0.2, 0) is 10.2 Å². The van der Waals surface area contributed by atoms with Crippen LogP contribution in [0.5, 0.6) is 5.88 Å². The fourth-order valence-corrected chi connectivity index (χ4v) is 4.11. The third kappa shape index (κ3) is 2.34. The Morgan fingerprint density at radius 3 is 2.87 bits per heavy atom. The molecule has 2 aromatic rings. The molecule has 3 fully saturated rings. The van der Waals surface area contributed by atoms with Gasteiger partial charge in [0, 0.05) is 17.8 Å². The van der Waals surface area contributed by atoms with Crippen LogP contribution in [0.2, 0.25) is 0 Å². The van der Waals surface area contributed by atoms with Crippen molar-refractivity contribution < 1.29 is 13.9 Å². The molecule has 4 heterocycles. The van der Waals surface area contributed by atoms with E-state index in [-0.39, 0.29) is 11.5 Å². The van der Waals surface area contributed by atoms with E-state index in [9.17, 15) is 4.39 Å². The Morgan fingerprint density at radius 1 is 1.43 bits per heavy atom. The van der Waals surface area contributed by atoms with Crippen LogP contribution in [0.25, 0.3) is 5.78 Å². The highest BCUT2D eigenvalue weighted by molar-refractivity contribution is 14.1. The molecule has 1 saturated carbocycles. The number of rotatable bonds is 5. The number of hydrogen-bond acceptors (Lipinski definition) is 4. The van der Waals surface area contributed by atoms with Gasteiger partial charge in [-0.05, 0) is 48.8 Å². The van der Waals surface area contributed by atoms with E-state index in [4.69, 9.17) is 9.47 Å². The maximum Gasteiger partial charge on any atom is 0.237 e. The first-order valence-corrected chi connectivity index (χ1v) is 8.99. The van der Waals surface area contributed by atoms with Crippen LogP contribution in [0.1, 0.15) is 38.8 Å². The molecular weight excluding hydrogens is 412 g/mol. The molecular formula is C16H19FIN3O2. The van der Waals surface area contributed by atoms with Crippen molar-refractivity contribution in [1.29, 1.82) is 0 Å². The van der Waals surface area contributed by atoms with Crippen molar-refractivity contribution in [2.75, 3.05) is 13.3 Å². The highest BCUT2D eigenvalue weighted by Gasteiger charge is 2.64. The van der Waals surface area contributed by atoms with Crippen LogP contribution in [-0.4, -0.2) is 39.4 Å². The number of nitrogens with zero attached hydrogens (tertiary/aromatic N) is 3. The molecule has 2 aliphatic heterocycles. The van der Waals surface area contributed by atoms with E-state index < -0.39 is 12.3 Å². The normalized spacial score (nSPS) is 30.4. The average molecular weight is 431 g/mol. The van der Waals surface area contributed by atoms with Gasteiger partial charge in [-0.15, -0.1) is 0 Å². The SMILES string of the molecule is CC[C@@H](C)Oc1nc2nc(C34COC(CF)(C3)C4)cn2cc1I. The molecule has 124 valence electrons. The summed E-state index contributed by atoms with van der Waals surface area (Å²) in [5.41, 5.74) is 0.258. The molecule has 0 aromatic carbocycles. The van der Waals surface area contributed by atoms with Crippen molar-refractivity contribution in [3.63, 3.8) is 0 Å². The van der Waals surface area contributed by atoms with E-state index in [0.717, 1.165) is 15.7 Å². The van der Waals surface area contributed by atoms with Crippen LogP contribution in [0.3, 0.4) is 0 Å². The number of halogens is 2. The summed E-state index contributed by atoms with van der Waals surface area (Å²) in [7, 11) is 0. The molecule has 0 N–H and O–H groups in total. The fourth-order valence-electron chi connectivity index (χ4n) is 3.56. The molecule has 0 radical (unpaired) electrons. The lowest BCUT2D eigenvalue weighted by molar-refractivity contribution is -0.0235. The van der Waals surface area contributed by atoms with Crippen LogP contribution < -0.4 is 4.74 Å². The standard InChI is InChI=1S/C16H19FIN3O2/c1-3-10(2)23-13-11(18)4-21-5-12(19-14(21)20-13)15-6-16(7-15,8-17)22-9-15/h4-5,10H,3,6-9H2,1-2H3/t10-,15?,16?/m1/s1. The van der Waals surface area contributed by atoms with Crippen LogP contribution in [0.4, 0.5) is 4.39 Å². The van der Waals surface area contributed by atoms with Gasteiger partial charge in [0.1, 0.15) is 6.67 Å². The molecule has 2 aromatic heterocycles. The number of aromatic nitrogens is 3. The minimum absolute atomic E-state index is 0.117. The lowest BCUT2D eigenvalue weighted by atomic mass is 9.61. The predicted molar refractivity (Wildman–Crippen MR) is 91.7 cm³/mol. The maximum absolute atomic E-state index is 13.1. The zero-order chi connectivity index (χ0) is 16.2. The van der Waals surface area contributed by atoms with Crippen LogP contribution in [0, 0.1) is 3.57 Å². The molecule has 2 bridgehead atoms. The molecule has 1 atom stereocenters. The van der Waals surface area contributed by atoms with Crippen LogP contribution in [0.15, 0.2) is 12.4 Å². The lowest BCUT2D eigenvalue weighted by Gasteiger charge is -2.41. The van der Waals surface area contributed by atoms with Crippen molar-refractivity contribution in [1.82, 2.24) is 14.4 Å². The average Bonchev–Trinajstić information content (AvgIpc) is 3.17. The molecule has 3 aliphatic rings. The van der Waals surface area contributed by atoms with Crippen molar-refractivity contribution >= 4 is 28.4 Å². The quantitative estimate of drug-likeness (QED) is 0.682. The Hall–Kier alpha value is -0.960. The summed E-state index contributed by atoms with van der Waals surface area (Å²) in [6.45, 7) is 4.24. The molecule has 5 nitrogen and oxygen atoms in total. The number of ether oxygens (including phenoxy) is 2. The summed E-state index contributed by atoms with van der Waals surface area (Å²) in [4.78, 5) is 9.22. The summed E-state index contributed by atoms with van der Waals surface area (Å²) >= 11 is 2.23. The maximum atomic E-state index is 13.1. The Labute approximate surface area is 147 Å². The molecule has 2 saturated heterocycles. The third-order valence-electron chi connectivity index (χ3n) is 5.02. The van der Waals surface area contributed by atoms with Crippen molar-refractivity contribution in [3.05, 3.63) is 21.7 Å². The summed E-state index contributed by atoms with van der Waals surface area (Å²) in [5, 5.41) is 0. The molecule has 7 heteroatoms. The van der Waals surface area contributed by atoms with E-state index >= 15 is 0 Å². The number of hydrogen-bond donors (Lipinski definition) is 0. The number of alkyl halides is 1. The van der Waals surface area contributed by atoms with Gasteiger partial charge < -0.3 is 9.47 Å². The number of fused-ring (bicyclic) bond motifs is 2. The second-order valence-electron chi connectivity index (χ2n) is 6.80. The monoisotopic (exact) mass is 431 g/mol. The molecule has 1 aliphatic carbocycles. The zero-order valence-corrected chi connectivity index (χ0v) is 15.3. The summed E-state index contributed by atoms with van der Waals surface area (Å²) in [5.74, 6) is 1.24. The summed E-state index contributed by atoms with van der Waals surface area (Å²) in [6, 6.07) is 0. The molecule has 0 amide bonds. The van der Waals surface area contributed by atoms with Gasteiger partial charge in [0.15, 0.2) is 0 Å². The minimum atomic E-state index is -0.553. The molecule has 0 unspecified atom stereocenters. The first-order chi connectivity index (χ1) is 11.0. The summed E-state index contributed by atoms with van der Waals surface area (Å²) < 4.78 is 27.5. The predicted octanol–water partition coefficient (Wildman–Crippen LogP) is 3.28. The van der Waals surface area contributed by atoms with Gasteiger partial charge >= 0.3 is 0 Å². The third-order valence-corrected chi connectivity index (χ3v) is 5.76. The van der Waals surface area contributed by atoms with Crippen molar-refractivity contribution in [3.8, 4) is 5.88 Å². The lowest BCUT2D eigenvalue weighted by Crippen LogP contribution is -2.48. The van der Waals surface area contributed by atoms with Crippen molar-refractivity contribution in [2.45, 2.75) is 50.2 Å². The van der Waals surface area contributed by atoms with Gasteiger partial charge in [-0.1, -0.05) is 6.92 Å². The van der Waals surface area contributed by atoms with E-state index in [2.05, 4.69) is 39.5 Å². The molecule has 23 heavy (non-hydrogen) atoms. The van der Waals surface area contributed by atoms with E-state index in [1.54, 1.807) is 0 Å². The minimum Gasteiger partial charge on any atom is -0.474 e. The van der Waals surface area contributed by atoms with Crippen molar-refractivity contribution in [2.24, 2.45) is 0 Å². The number of imidazole rings is 1. The van der Waals surface area contributed by atoms with Crippen LogP contribution >= 0.6 is 22.6 Å². The first-order valence-electron chi connectivity index (χ1n) is 7.91. The second kappa shape index (κ2) is 5.27. The second-order valence-corrected chi connectivity index (χ2v) is 7.97. The smallest absolute Gasteiger partial charge is 0.237 e. The van der Waals surface area contributed by atoms with Gasteiger partial charge in [0.25, 0.3) is 0 Å². The van der Waals surface area contributed by atoms with E-state index in [1.165, 1.54) is 0 Å². The van der Waals surface area contributed by atoms with Gasteiger partial charge in [-0.25, -0.2) is 9.37 Å². The Bertz CT molecular complexity index is 757. The fraction of sp³-hybridized carbons (Fsp3) is 0.625. The topological polar surface area (TPSA) is 48.7 Å². The van der Waals surface area contributed by atoms with E-state index in [0.29, 0.717) is 31.1 Å². The highest BCUT2D eigenvalue weighted by Crippen LogP contribution is 2.58. The Balaban J connectivity index is 1.67. The van der Waals surface area contributed by atoms with Gasteiger partial charge in [0.05, 0.1) is 27.6 Å². The molecule has 5 rings (SSSR count). The zero-order valence-electron chi connectivity index (χ0n) is 13.2. The van der Waals surface area contributed by atoms with Gasteiger partial charge in [-0.3, -0.25) is 4.40 Å². The first kappa shape index (κ1) is 15.6. The Kier molecular flexibility index (Phi) is 3.57. The van der Waals surface area contributed by atoms with E-state index in [1.807, 2.05) is 23.7 Å². The highest BCUT2D eigenvalue weighted by atomic mass is 127. The van der Waals surface area contributed by atoms with Gasteiger partial charge in [0.2, 0.25) is 11.7 Å². The Morgan fingerprint density at radius 2 is 2.22 bits per heavy atom. The summed E-state index contributed by atoms with van der Waals surface area (Å²) in [6.07, 6.45) is 6.45. The van der Waals surface area contributed by atoms with Gasteiger partial charge in [-0.2, -0.15) is 4.98 Å². The largest absolute Gasteiger partial charge is 0.474 e.